The summed E-state index contributed by atoms with van der Waals surface area (Å²) in [5.41, 5.74) is 3.52. The molecule has 1 N–H and O–H groups in total. The van der Waals surface area contributed by atoms with Crippen molar-refractivity contribution in [2.45, 2.75) is 19.5 Å². The van der Waals surface area contributed by atoms with E-state index < -0.39 is 0 Å². The maximum Gasteiger partial charge on any atom is 0.255 e. The number of pyridine rings is 2. The van der Waals surface area contributed by atoms with Crippen LogP contribution in [0.15, 0.2) is 52.3 Å². The van der Waals surface area contributed by atoms with E-state index in [2.05, 4.69) is 40.8 Å². The highest BCUT2D eigenvalue weighted by Crippen LogP contribution is 2.19. The van der Waals surface area contributed by atoms with E-state index in [9.17, 15) is 4.79 Å². The molecule has 7 heteroatoms. The van der Waals surface area contributed by atoms with E-state index in [-0.39, 0.29) is 5.56 Å². The topological polar surface area (TPSA) is 74.8 Å². The van der Waals surface area contributed by atoms with Crippen LogP contribution >= 0.6 is 15.9 Å². The normalized spacial score (nSPS) is 14.3. The Morgan fingerprint density at radius 1 is 1.24 bits per heavy atom. The van der Waals surface area contributed by atoms with E-state index >= 15 is 0 Å². The number of fused-ring (bicyclic) bond motifs is 1. The van der Waals surface area contributed by atoms with Crippen LogP contribution in [0, 0.1) is 0 Å². The third kappa shape index (κ3) is 3.52. The molecule has 3 aromatic heterocycles. The Balaban J connectivity index is 1.57. The van der Waals surface area contributed by atoms with Crippen molar-refractivity contribution < 1.29 is 0 Å². The first-order chi connectivity index (χ1) is 12.2. The van der Waals surface area contributed by atoms with Crippen LogP contribution in [0.2, 0.25) is 0 Å². The van der Waals surface area contributed by atoms with Gasteiger partial charge in [-0.25, -0.2) is 9.97 Å². The molecular weight excluding hydrogens is 382 g/mol. The third-order valence-electron chi connectivity index (χ3n) is 4.28. The van der Waals surface area contributed by atoms with Crippen molar-refractivity contribution in [3.8, 4) is 11.4 Å². The predicted molar refractivity (Wildman–Crippen MR) is 97.8 cm³/mol. The van der Waals surface area contributed by atoms with Gasteiger partial charge in [0.2, 0.25) is 0 Å². The Morgan fingerprint density at radius 2 is 2.16 bits per heavy atom. The summed E-state index contributed by atoms with van der Waals surface area (Å²) in [6.45, 7) is 2.23. The molecule has 1 aliphatic rings. The number of rotatable bonds is 3. The smallest absolute Gasteiger partial charge is 0.255 e. The van der Waals surface area contributed by atoms with Crippen LogP contribution in [-0.4, -0.2) is 31.4 Å². The van der Waals surface area contributed by atoms with Crippen molar-refractivity contribution >= 4 is 15.9 Å². The monoisotopic (exact) mass is 397 g/mol. The Morgan fingerprint density at radius 3 is 2.92 bits per heavy atom. The van der Waals surface area contributed by atoms with Crippen molar-refractivity contribution in [2.75, 3.05) is 6.54 Å². The summed E-state index contributed by atoms with van der Waals surface area (Å²) in [6.07, 6.45) is 6.03. The molecule has 0 unspecified atom stereocenters. The number of aromatic amines is 1. The van der Waals surface area contributed by atoms with Crippen molar-refractivity contribution in [3.05, 3.63) is 74.6 Å². The summed E-state index contributed by atoms with van der Waals surface area (Å²) < 4.78 is 0.823. The van der Waals surface area contributed by atoms with Gasteiger partial charge in [-0.1, -0.05) is 6.07 Å². The van der Waals surface area contributed by atoms with Gasteiger partial charge in [-0.3, -0.25) is 14.7 Å². The number of nitrogens with one attached hydrogen (secondary N) is 1. The van der Waals surface area contributed by atoms with Gasteiger partial charge in [0.1, 0.15) is 10.4 Å². The largest absolute Gasteiger partial charge is 0.306 e. The predicted octanol–water partition coefficient (Wildman–Crippen LogP) is 2.55. The molecule has 0 amide bonds. The lowest BCUT2D eigenvalue weighted by atomic mass is 10.1. The fourth-order valence-electron chi connectivity index (χ4n) is 3.01. The quantitative estimate of drug-likeness (QED) is 0.687. The molecule has 3 aromatic rings. The fraction of sp³-hybridized carbons (Fsp3) is 0.222. The van der Waals surface area contributed by atoms with Crippen LogP contribution < -0.4 is 5.56 Å². The SMILES string of the molecule is O=c1[nH]c(-c2cccnc2)nc2c1CN(Cc1ccc(Br)nc1)CC2. The minimum Gasteiger partial charge on any atom is -0.306 e. The van der Waals surface area contributed by atoms with Gasteiger partial charge < -0.3 is 4.98 Å². The highest BCUT2D eigenvalue weighted by molar-refractivity contribution is 9.10. The second kappa shape index (κ2) is 6.85. The van der Waals surface area contributed by atoms with Gasteiger partial charge in [0, 0.05) is 50.2 Å². The molecule has 1 aliphatic heterocycles. The summed E-state index contributed by atoms with van der Waals surface area (Å²) in [6, 6.07) is 7.71. The summed E-state index contributed by atoms with van der Waals surface area (Å²) in [7, 11) is 0. The summed E-state index contributed by atoms with van der Waals surface area (Å²) >= 11 is 3.34. The lowest BCUT2D eigenvalue weighted by Crippen LogP contribution is -2.35. The van der Waals surface area contributed by atoms with Gasteiger partial charge in [-0.05, 0) is 39.7 Å². The van der Waals surface area contributed by atoms with Gasteiger partial charge in [-0.15, -0.1) is 0 Å². The Bertz CT molecular complexity index is 940. The second-order valence-electron chi connectivity index (χ2n) is 6.03. The Kier molecular flexibility index (Phi) is 4.42. The summed E-state index contributed by atoms with van der Waals surface area (Å²) in [4.78, 5) is 30.7. The molecule has 0 radical (unpaired) electrons. The van der Waals surface area contributed by atoms with E-state index in [1.54, 1.807) is 12.4 Å². The van der Waals surface area contributed by atoms with E-state index in [0.717, 1.165) is 46.5 Å². The number of aromatic nitrogens is 4. The molecule has 126 valence electrons. The molecule has 0 aliphatic carbocycles. The first-order valence-corrected chi connectivity index (χ1v) is 8.83. The van der Waals surface area contributed by atoms with Crippen LogP contribution in [0.5, 0.6) is 0 Å². The molecular formula is C18H16BrN5O. The van der Waals surface area contributed by atoms with Crippen LogP contribution in [-0.2, 0) is 19.5 Å². The molecule has 0 fully saturated rings. The van der Waals surface area contributed by atoms with E-state index in [4.69, 9.17) is 0 Å². The van der Waals surface area contributed by atoms with E-state index in [1.807, 2.05) is 30.5 Å². The van der Waals surface area contributed by atoms with Crippen molar-refractivity contribution in [1.82, 2.24) is 24.8 Å². The molecule has 0 bridgehead atoms. The van der Waals surface area contributed by atoms with E-state index in [0.29, 0.717) is 12.4 Å². The molecule has 6 nitrogen and oxygen atoms in total. The zero-order valence-corrected chi connectivity index (χ0v) is 15.0. The van der Waals surface area contributed by atoms with Crippen LogP contribution in [0.3, 0.4) is 0 Å². The molecule has 4 heterocycles. The first kappa shape index (κ1) is 16.1. The van der Waals surface area contributed by atoms with Gasteiger partial charge in [-0.2, -0.15) is 0 Å². The fourth-order valence-corrected chi connectivity index (χ4v) is 3.25. The maximum absolute atomic E-state index is 12.5. The van der Waals surface area contributed by atoms with Crippen molar-refractivity contribution in [1.29, 1.82) is 0 Å². The summed E-state index contributed by atoms with van der Waals surface area (Å²) in [5, 5.41) is 0. The van der Waals surface area contributed by atoms with Gasteiger partial charge in [0.05, 0.1) is 11.3 Å². The standard InChI is InChI=1S/C18H16BrN5O/c19-16-4-3-12(8-21-16)10-24-7-5-15-14(11-24)18(25)23-17(22-15)13-2-1-6-20-9-13/h1-4,6,8-9H,5,7,10-11H2,(H,22,23,25). The van der Waals surface area contributed by atoms with Gasteiger partial charge >= 0.3 is 0 Å². The molecule has 25 heavy (non-hydrogen) atoms. The lowest BCUT2D eigenvalue weighted by Gasteiger charge is -2.27. The van der Waals surface area contributed by atoms with Gasteiger partial charge in [0.15, 0.2) is 0 Å². The minimum atomic E-state index is -0.0671. The second-order valence-corrected chi connectivity index (χ2v) is 6.84. The summed E-state index contributed by atoms with van der Waals surface area (Å²) in [5.74, 6) is 0.586. The first-order valence-electron chi connectivity index (χ1n) is 8.04. The van der Waals surface area contributed by atoms with E-state index in [1.165, 1.54) is 0 Å². The average Bonchev–Trinajstić information content (AvgIpc) is 2.65. The Labute approximate surface area is 153 Å². The van der Waals surface area contributed by atoms with Crippen LogP contribution in [0.4, 0.5) is 0 Å². The number of halogens is 1. The van der Waals surface area contributed by atoms with Crippen molar-refractivity contribution in [3.63, 3.8) is 0 Å². The highest BCUT2D eigenvalue weighted by Gasteiger charge is 2.21. The number of nitrogens with zero attached hydrogens (tertiary/aromatic N) is 4. The minimum absolute atomic E-state index is 0.0671. The third-order valence-corrected chi connectivity index (χ3v) is 4.75. The average molecular weight is 398 g/mol. The van der Waals surface area contributed by atoms with Crippen molar-refractivity contribution in [2.24, 2.45) is 0 Å². The molecule has 4 rings (SSSR count). The number of hydrogen-bond acceptors (Lipinski definition) is 5. The molecule has 0 spiro atoms. The van der Waals surface area contributed by atoms with Crippen LogP contribution in [0.1, 0.15) is 16.8 Å². The van der Waals surface area contributed by atoms with Gasteiger partial charge in [0.25, 0.3) is 5.56 Å². The number of H-pyrrole nitrogens is 1. The molecule has 0 atom stereocenters. The zero-order chi connectivity index (χ0) is 17.2. The highest BCUT2D eigenvalue weighted by atomic mass is 79.9. The zero-order valence-electron chi connectivity index (χ0n) is 13.4. The number of hydrogen-bond donors (Lipinski definition) is 1. The van der Waals surface area contributed by atoms with Crippen LogP contribution in [0.25, 0.3) is 11.4 Å². The maximum atomic E-state index is 12.5. The lowest BCUT2D eigenvalue weighted by molar-refractivity contribution is 0.241. The molecule has 0 saturated heterocycles. The Hall–Kier alpha value is -2.38. The molecule has 0 aromatic carbocycles. The molecule has 0 saturated carbocycles.